The van der Waals surface area contributed by atoms with E-state index in [1.54, 1.807) is 7.11 Å². The lowest BCUT2D eigenvalue weighted by atomic mass is 9.58. The topological polar surface area (TPSA) is 34.1 Å². The first kappa shape index (κ1) is 14.5. The zero-order chi connectivity index (χ0) is 13.6. The third-order valence-corrected chi connectivity index (χ3v) is 4.28. The fourth-order valence-electron chi connectivity index (χ4n) is 3.32. The zero-order valence-corrected chi connectivity index (χ0v) is 12.2. The summed E-state index contributed by atoms with van der Waals surface area (Å²) in [7, 11) is 1.75. The molecule has 1 N–H and O–H groups in total. The van der Waals surface area contributed by atoms with Crippen molar-refractivity contribution in [1.82, 2.24) is 10.3 Å². The summed E-state index contributed by atoms with van der Waals surface area (Å²) in [6, 6.07) is 4.28. The van der Waals surface area contributed by atoms with Gasteiger partial charge in [-0.25, -0.2) is 0 Å². The molecule has 1 aliphatic rings. The first-order valence-corrected chi connectivity index (χ1v) is 7.41. The molecule has 0 amide bonds. The van der Waals surface area contributed by atoms with Gasteiger partial charge in [-0.2, -0.15) is 0 Å². The zero-order valence-electron chi connectivity index (χ0n) is 12.2. The maximum Gasteiger partial charge on any atom is 0.0587 e. The van der Waals surface area contributed by atoms with Crippen molar-refractivity contribution in [1.29, 1.82) is 0 Å². The summed E-state index contributed by atoms with van der Waals surface area (Å²) >= 11 is 0. The van der Waals surface area contributed by atoms with Crippen LogP contribution in [0.3, 0.4) is 0 Å². The van der Waals surface area contributed by atoms with E-state index in [0.29, 0.717) is 5.41 Å². The SMILES string of the molecule is CCCC1CC(CNCCOC)(c2cccnc2)C1. The molecule has 19 heavy (non-hydrogen) atoms. The highest BCUT2D eigenvalue weighted by atomic mass is 16.5. The van der Waals surface area contributed by atoms with Crippen LogP contribution in [-0.2, 0) is 10.2 Å². The number of nitrogens with one attached hydrogen (secondary N) is 1. The molecule has 0 spiro atoms. The Labute approximate surface area is 116 Å². The summed E-state index contributed by atoms with van der Waals surface area (Å²) in [5.41, 5.74) is 1.70. The molecule has 1 aromatic rings. The van der Waals surface area contributed by atoms with Crippen molar-refractivity contribution in [2.75, 3.05) is 26.8 Å². The Morgan fingerprint density at radius 1 is 1.47 bits per heavy atom. The molecule has 1 heterocycles. The molecule has 1 saturated carbocycles. The van der Waals surface area contributed by atoms with Crippen LogP contribution in [0.4, 0.5) is 0 Å². The molecule has 1 aromatic heterocycles. The van der Waals surface area contributed by atoms with Gasteiger partial charge in [-0.1, -0.05) is 25.8 Å². The van der Waals surface area contributed by atoms with Crippen LogP contribution in [0.2, 0.25) is 0 Å². The Balaban J connectivity index is 1.95. The summed E-state index contributed by atoms with van der Waals surface area (Å²) in [5, 5.41) is 3.54. The molecule has 0 atom stereocenters. The highest BCUT2D eigenvalue weighted by Crippen LogP contribution is 2.48. The molecule has 1 fully saturated rings. The molecule has 3 nitrogen and oxygen atoms in total. The fourth-order valence-corrected chi connectivity index (χ4v) is 3.32. The molecule has 106 valence electrons. The number of pyridine rings is 1. The van der Waals surface area contributed by atoms with Crippen LogP contribution in [0.5, 0.6) is 0 Å². The van der Waals surface area contributed by atoms with E-state index in [2.05, 4.69) is 29.4 Å². The maximum atomic E-state index is 5.10. The van der Waals surface area contributed by atoms with Crippen LogP contribution in [0.15, 0.2) is 24.5 Å². The van der Waals surface area contributed by atoms with Crippen molar-refractivity contribution >= 4 is 0 Å². The van der Waals surface area contributed by atoms with E-state index in [1.165, 1.54) is 31.2 Å². The normalized spacial score (nSPS) is 26.1. The van der Waals surface area contributed by atoms with Gasteiger partial charge in [0.05, 0.1) is 6.61 Å². The van der Waals surface area contributed by atoms with Crippen LogP contribution in [0.25, 0.3) is 0 Å². The Hall–Kier alpha value is -0.930. The molecule has 0 bridgehead atoms. The molecule has 0 radical (unpaired) electrons. The second-order valence-electron chi connectivity index (χ2n) is 5.75. The lowest BCUT2D eigenvalue weighted by Crippen LogP contribution is -2.49. The Kier molecular flexibility index (Phi) is 5.34. The van der Waals surface area contributed by atoms with E-state index < -0.39 is 0 Å². The lowest BCUT2D eigenvalue weighted by molar-refractivity contribution is 0.123. The van der Waals surface area contributed by atoms with E-state index >= 15 is 0 Å². The monoisotopic (exact) mass is 262 g/mol. The summed E-state index contributed by atoms with van der Waals surface area (Å²) < 4.78 is 5.10. The molecule has 3 heteroatoms. The van der Waals surface area contributed by atoms with Gasteiger partial charge in [0, 0.05) is 38.0 Å². The third kappa shape index (κ3) is 3.54. The van der Waals surface area contributed by atoms with Crippen LogP contribution in [0.1, 0.15) is 38.2 Å². The van der Waals surface area contributed by atoms with Crippen molar-refractivity contribution in [2.24, 2.45) is 5.92 Å². The molecular formula is C16H26N2O. The van der Waals surface area contributed by atoms with E-state index in [-0.39, 0.29) is 0 Å². The standard InChI is InChI=1S/C16H26N2O/c1-3-5-14-10-16(11-14,13-18-8-9-19-2)15-6-4-7-17-12-15/h4,6-7,12,14,18H,3,5,8-11,13H2,1-2H3. The molecule has 2 rings (SSSR count). The predicted octanol–water partition coefficient (Wildman–Crippen LogP) is 2.77. The average Bonchev–Trinajstić information content (AvgIpc) is 2.41. The smallest absolute Gasteiger partial charge is 0.0587 e. The van der Waals surface area contributed by atoms with E-state index in [1.807, 2.05) is 12.4 Å². The molecule has 0 unspecified atom stereocenters. The summed E-state index contributed by atoms with van der Waals surface area (Å²) in [6.45, 7) is 5.03. The molecule has 1 aliphatic carbocycles. The minimum atomic E-state index is 0.307. The Morgan fingerprint density at radius 3 is 2.95 bits per heavy atom. The van der Waals surface area contributed by atoms with Crippen molar-refractivity contribution in [3.05, 3.63) is 30.1 Å². The van der Waals surface area contributed by atoms with Crippen molar-refractivity contribution < 1.29 is 4.74 Å². The predicted molar refractivity (Wildman–Crippen MR) is 78.3 cm³/mol. The highest BCUT2D eigenvalue weighted by molar-refractivity contribution is 5.26. The second-order valence-corrected chi connectivity index (χ2v) is 5.75. The molecular weight excluding hydrogens is 236 g/mol. The Morgan fingerprint density at radius 2 is 2.32 bits per heavy atom. The highest BCUT2D eigenvalue weighted by Gasteiger charge is 2.44. The summed E-state index contributed by atoms with van der Waals surface area (Å²) in [5.74, 6) is 0.898. The molecule has 0 aliphatic heterocycles. The number of rotatable bonds is 8. The van der Waals surface area contributed by atoms with E-state index in [9.17, 15) is 0 Å². The maximum absolute atomic E-state index is 5.10. The van der Waals surface area contributed by atoms with Crippen molar-refractivity contribution in [2.45, 2.75) is 38.0 Å². The molecule has 0 aromatic carbocycles. The van der Waals surface area contributed by atoms with Gasteiger partial charge in [0.15, 0.2) is 0 Å². The number of hydrogen-bond donors (Lipinski definition) is 1. The van der Waals surface area contributed by atoms with E-state index in [0.717, 1.165) is 25.6 Å². The minimum absolute atomic E-state index is 0.307. The van der Waals surface area contributed by atoms with Crippen LogP contribution < -0.4 is 5.32 Å². The first-order valence-electron chi connectivity index (χ1n) is 7.41. The van der Waals surface area contributed by atoms with E-state index in [4.69, 9.17) is 4.74 Å². The first-order chi connectivity index (χ1) is 9.30. The van der Waals surface area contributed by atoms with Crippen molar-refractivity contribution in [3.63, 3.8) is 0 Å². The fraction of sp³-hybridized carbons (Fsp3) is 0.688. The van der Waals surface area contributed by atoms with Gasteiger partial charge >= 0.3 is 0 Å². The largest absolute Gasteiger partial charge is 0.383 e. The van der Waals surface area contributed by atoms with Crippen LogP contribution in [-0.4, -0.2) is 31.8 Å². The number of ether oxygens (including phenoxy) is 1. The van der Waals surface area contributed by atoms with Gasteiger partial charge in [0.2, 0.25) is 0 Å². The average molecular weight is 262 g/mol. The van der Waals surface area contributed by atoms with Crippen LogP contribution in [0, 0.1) is 5.92 Å². The number of aromatic nitrogens is 1. The van der Waals surface area contributed by atoms with Crippen molar-refractivity contribution in [3.8, 4) is 0 Å². The van der Waals surface area contributed by atoms with Gasteiger partial charge in [-0.3, -0.25) is 4.98 Å². The number of methoxy groups -OCH3 is 1. The lowest BCUT2D eigenvalue weighted by Gasteiger charge is -2.48. The van der Waals surface area contributed by atoms with Gasteiger partial charge in [-0.05, 0) is 30.4 Å². The van der Waals surface area contributed by atoms with Gasteiger partial charge < -0.3 is 10.1 Å². The summed E-state index contributed by atoms with van der Waals surface area (Å²) in [6.07, 6.45) is 9.15. The molecule has 0 saturated heterocycles. The second kappa shape index (κ2) is 7.01. The number of nitrogens with zero attached hydrogens (tertiary/aromatic N) is 1. The van der Waals surface area contributed by atoms with Gasteiger partial charge in [0.1, 0.15) is 0 Å². The quantitative estimate of drug-likeness (QED) is 0.732. The van der Waals surface area contributed by atoms with Crippen LogP contribution >= 0.6 is 0 Å². The minimum Gasteiger partial charge on any atom is -0.383 e. The van der Waals surface area contributed by atoms with Gasteiger partial charge in [-0.15, -0.1) is 0 Å². The third-order valence-electron chi connectivity index (χ3n) is 4.28. The number of hydrogen-bond acceptors (Lipinski definition) is 3. The summed E-state index contributed by atoms with van der Waals surface area (Å²) in [4.78, 5) is 4.30. The van der Waals surface area contributed by atoms with Gasteiger partial charge in [0.25, 0.3) is 0 Å². The Bertz CT molecular complexity index is 360.